The molecule has 1 aliphatic heterocycles. The first-order valence-corrected chi connectivity index (χ1v) is 10.4. The lowest BCUT2D eigenvalue weighted by Crippen LogP contribution is -2.36. The Labute approximate surface area is 168 Å². The van der Waals surface area contributed by atoms with E-state index in [4.69, 9.17) is 32.7 Å². The zero-order valence-electron chi connectivity index (χ0n) is 15.4. The largest absolute Gasteiger partial charge is 0.490 e. The molecule has 0 unspecified atom stereocenters. The van der Waals surface area contributed by atoms with Gasteiger partial charge < -0.3 is 21.1 Å². The molecule has 0 saturated carbocycles. The topological polar surface area (TPSA) is 167 Å². The summed E-state index contributed by atoms with van der Waals surface area (Å²) in [6, 6.07) is 5.56. The highest BCUT2D eigenvalue weighted by atomic mass is 32.2. The first kappa shape index (κ1) is 23.3. The van der Waals surface area contributed by atoms with E-state index in [2.05, 4.69) is 16.0 Å². The number of fused-ring (bicyclic) bond motifs is 1. The van der Waals surface area contributed by atoms with Gasteiger partial charge in [-0.1, -0.05) is 12.1 Å². The molecule has 1 aromatic rings. The number of nitrogens with one attached hydrogen (secondary N) is 4. The first-order valence-electron chi connectivity index (χ1n) is 8.10. The van der Waals surface area contributed by atoms with Gasteiger partial charge in [-0.25, -0.2) is 0 Å². The van der Waals surface area contributed by atoms with E-state index in [9.17, 15) is 13.2 Å². The lowest BCUT2D eigenvalue weighted by Gasteiger charge is -2.15. The number of hydrogen-bond acceptors (Lipinski definition) is 6. The van der Waals surface area contributed by atoms with Gasteiger partial charge in [0, 0.05) is 24.1 Å². The number of carbonyl (C=O) groups is 1. The molecule has 0 radical (unpaired) electrons. The molecular formula is C16H23N5O5S2. The molecule has 0 spiro atoms. The number of hydrogen-bond donors (Lipinski definition) is 6. The van der Waals surface area contributed by atoms with Gasteiger partial charge in [0.25, 0.3) is 16.0 Å². The Balaban J connectivity index is 0.000000696. The van der Waals surface area contributed by atoms with Crippen molar-refractivity contribution in [1.29, 1.82) is 5.41 Å². The maximum atomic E-state index is 12.0. The zero-order valence-corrected chi connectivity index (χ0v) is 17.0. The molecule has 0 bridgehead atoms. The second-order valence-electron chi connectivity index (χ2n) is 5.58. The van der Waals surface area contributed by atoms with Crippen LogP contribution in [0.2, 0.25) is 0 Å². The van der Waals surface area contributed by atoms with Gasteiger partial charge >= 0.3 is 0 Å². The number of benzene rings is 1. The molecule has 2 rings (SSSR count). The van der Waals surface area contributed by atoms with Gasteiger partial charge in [-0.2, -0.15) is 8.42 Å². The van der Waals surface area contributed by atoms with Crippen LogP contribution in [-0.2, 0) is 14.9 Å². The fraction of sp³-hybridized carbons (Fsp3) is 0.312. The van der Waals surface area contributed by atoms with Crippen LogP contribution in [0.5, 0.6) is 5.75 Å². The van der Waals surface area contributed by atoms with Crippen molar-refractivity contribution < 1.29 is 22.5 Å². The van der Waals surface area contributed by atoms with Crippen molar-refractivity contribution in [1.82, 2.24) is 10.6 Å². The van der Waals surface area contributed by atoms with E-state index in [0.29, 0.717) is 35.7 Å². The van der Waals surface area contributed by atoms with E-state index in [1.54, 1.807) is 6.08 Å². The molecule has 154 valence electrons. The number of nitrogens with two attached hydrogens (primary N) is 1. The second-order valence-corrected chi connectivity index (χ2v) is 7.45. The van der Waals surface area contributed by atoms with Gasteiger partial charge in [0.05, 0.1) is 18.6 Å². The first-order chi connectivity index (χ1) is 13.0. The summed E-state index contributed by atoms with van der Waals surface area (Å²) in [7, 11) is -3.67. The second kappa shape index (κ2) is 10.6. The van der Waals surface area contributed by atoms with Crippen LogP contribution in [0.4, 0.5) is 5.69 Å². The maximum Gasteiger partial charge on any atom is 0.261 e. The van der Waals surface area contributed by atoms with Gasteiger partial charge in [-0.15, -0.1) is 0 Å². The van der Waals surface area contributed by atoms with Crippen LogP contribution in [-0.4, -0.2) is 49.4 Å². The highest BCUT2D eigenvalue weighted by Gasteiger charge is 2.18. The minimum absolute atomic E-state index is 0.344. The van der Waals surface area contributed by atoms with Gasteiger partial charge in [0.2, 0.25) is 0 Å². The SMILES string of the molecule is CCNC(=S)Nc1cccc2c1OCCC(C(=O)NC(=N)N)=C2.CS(=O)(=O)O. The van der Waals surface area contributed by atoms with E-state index in [-0.39, 0.29) is 5.96 Å². The third kappa shape index (κ3) is 8.79. The molecule has 1 aromatic carbocycles. The molecule has 10 nitrogen and oxygen atoms in total. The molecule has 0 fully saturated rings. The van der Waals surface area contributed by atoms with Crippen LogP contribution >= 0.6 is 12.2 Å². The normalized spacial score (nSPS) is 12.6. The standard InChI is InChI=1S/C15H19N5O2S.CH4O3S/c1-2-18-15(23)19-11-5-3-4-9-8-10(6-7-22-12(9)11)13(21)20-14(16)17;1-5(2,3)4/h3-5,8H,2,6-7H2,1H3,(H2,18,19,23)(H4,16,17,20,21);1H3,(H,2,3,4). The number of amides is 1. The Morgan fingerprint density at radius 1 is 1.43 bits per heavy atom. The Hall–Kier alpha value is -2.70. The van der Waals surface area contributed by atoms with Gasteiger partial charge in [-0.05, 0) is 31.3 Å². The number of guanidine groups is 1. The third-order valence-corrected chi connectivity index (χ3v) is 3.36. The van der Waals surface area contributed by atoms with Crippen LogP contribution in [0.3, 0.4) is 0 Å². The van der Waals surface area contributed by atoms with Crippen LogP contribution in [0.25, 0.3) is 6.08 Å². The quantitative estimate of drug-likeness (QED) is 0.175. The average molecular weight is 430 g/mol. The van der Waals surface area contributed by atoms with Crippen molar-refractivity contribution in [2.75, 3.05) is 24.7 Å². The molecular weight excluding hydrogens is 406 g/mol. The van der Waals surface area contributed by atoms with Crippen molar-refractivity contribution in [3.63, 3.8) is 0 Å². The van der Waals surface area contributed by atoms with Gasteiger partial charge in [-0.3, -0.25) is 20.1 Å². The number of anilines is 1. The number of thiocarbonyl (C=S) groups is 1. The number of carbonyl (C=O) groups excluding carboxylic acids is 1. The van der Waals surface area contributed by atoms with E-state index >= 15 is 0 Å². The minimum atomic E-state index is -3.67. The molecule has 1 aliphatic rings. The molecule has 0 saturated heterocycles. The summed E-state index contributed by atoms with van der Waals surface area (Å²) < 4.78 is 31.6. The monoisotopic (exact) mass is 429 g/mol. The summed E-state index contributed by atoms with van der Waals surface area (Å²) in [5.74, 6) is -0.137. The van der Waals surface area contributed by atoms with E-state index in [0.717, 1.165) is 17.8 Å². The summed E-state index contributed by atoms with van der Waals surface area (Å²) in [5.41, 5.74) is 7.21. The van der Waals surface area contributed by atoms with E-state index in [1.165, 1.54) is 0 Å². The van der Waals surface area contributed by atoms with Crippen LogP contribution < -0.4 is 26.4 Å². The lowest BCUT2D eigenvalue weighted by atomic mass is 10.1. The zero-order chi connectivity index (χ0) is 21.3. The van der Waals surface area contributed by atoms with Crippen LogP contribution in [0, 0.1) is 5.41 Å². The lowest BCUT2D eigenvalue weighted by molar-refractivity contribution is -0.116. The Morgan fingerprint density at radius 2 is 2.07 bits per heavy atom. The van der Waals surface area contributed by atoms with Crippen molar-refractivity contribution >= 4 is 51.1 Å². The summed E-state index contributed by atoms with van der Waals surface area (Å²) in [5, 5.41) is 16.0. The summed E-state index contributed by atoms with van der Waals surface area (Å²) in [6.07, 6.45) is 2.87. The Kier molecular flexibility index (Phi) is 8.82. The van der Waals surface area contributed by atoms with Gasteiger partial charge in [0.15, 0.2) is 11.1 Å². The molecule has 0 aromatic heterocycles. The Morgan fingerprint density at radius 3 is 2.64 bits per heavy atom. The van der Waals surface area contributed by atoms with Crippen molar-refractivity contribution in [2.45, 2.75) is 13.3 Å². The summed E-state index contributed by atoms with van der Waals surface area (Å²) in [4.78, 5) is 12.0. The molecule has 1 amide bonds. The molecule has 12 heteroatoms. The van der Waals surface area contributed by atoms with Crippen molar-refractivity contribution in [3.8, 4) is 5.75 Å². The predicted molar refractivity (Wildman–Crippen MR) is 112 cm³/mol. The number of rotatable bonds is 3. The Bertz CT molecular complexity index is 875. The number of para-hydroxylation sites is 1. The average Bonchev–Trinajstić information content (AvgIpc) is 2.76. The molecule has 7 N–H and O–H groups in total. The predicted octanol–water partition coefficient (Wildman–Crippen LogP) is 0.672. The summed E-state index contributed by atoms with van der Waals surface area (Å²) >= 11 is 5.19. The smallest absolute Gasteiger partial charge is 0.261 e. The molecule has 1 heterocycles. The maximum absolute atomic E-state index is 12.0. The highest BCUT2D eigenvalue weighted by molar-refractivity contribution is 7.85. The van der Waals surface area contributed by atoms with Crippen LogP contribution in [0.1, 0.15) is 18.9 Å². The fourth-order valence-electron chi connectivity index (χ4n) is 2.16. The highest BCUT2D eigenvalue weighted by Crippen LogP contribution is 2.33. The van der Waals surface area contributed by atoms with Crippen molar-refractivity contribution in [2.24, 2.45) is 5.73 Å². The van der Waals surface area contributed by atoms with Crippen molar-refractivity contribution in [3.05, 3.63) is 29.3 Å². The molecule has 0 atom stereocenters. The minimum Gasteiger partial charge on any atom is -0.490 e. The van der Waals surface area contributed by atoms with E-state index < -0.39 is 16.0 Å². The van der Waals surface area contributed by atoms with Gasteiger partial charge in [0.1, 0.15) is 5.75 Å². The van der Waals surface area contributed by atoms with Crippen LogP contribution in [0.15, 0.2) is 23.8 Å². The molecule has 0 aliphatic carbocycles. The van der Waals surface area contributed by atoms with E-state index in [1.807, 2.05) is 25.1 Å². The summed E-state index contributed by atoms with van der Waals surface area (Å²) in [6.45, 7) is 3.02. The third-order valence-electron chi connectivity index (χ3n) is 3.12. The molecule has 28 heavy (non-hydrogen) atoms. The fourth-order valence-corrected chi connectivity index (χ4v) is 2.41. The number of ether oxygens (including phenoxy) is 1.